The van der Waals surface area contributed by atoms with Crippen molar-refractivity contribution in [1.29, 1.82) is 0 Å². The molecule has 0 aliphatic carbocycles. The summed E-state index contributed by atoms with van der Waals surface area (Å²) < 4.78 is 2.60. The van der Waals surface area contributed by atoms with Crippen molar-refractivity contribution in [3.8, 4) is 22.3 Å². The zero-order valence-corrected chi connectivity index (χ0v) is 34.7. The number of benzene rings is 10. The number of hydrogen-bond acceptors (Lipinski definition) is 2. The van der Waals surface area contributed by atoms with Crippen LogP contribution in [0.3, 0.4) is 0 Å². The maximum atomic E-state index is 2.48. The molecule has 12 aromatic rings. The van der Waals surface area contributed by atoms with Crippen LogP contribution in [0.25, 0.3) is 96.3 Å². The Labute approximate surface area is 364 Å². The first-order valence-corrected chi connectivity index (χ1v) is 22.1. The van der Waals surface area contributed by atoms with Gasteiger partial charge in [0.25, 0.3) is 0 Å². The summed E-state index contributed by atoms with van der Waals surface area (Å²) in [6, 6.07) is 87.0. The van der Waals surface area contributed by atoms with Gasteiger partial charge >= 0.3 is 0 Å². The molecule has 0 N–H and O–H groups in total. The van der Waals surface area contributed by atoms with Gasteiger partial charge < -0.3 is 4.90 Å². The van der Waals surface area contributed by atoms with Crippen LogP contribution in [0.1, 0.15) is 0 Å². The lowest BCUT2D eigenvalue weighted by molar-refractivity contribution is 1.29. The highest BCUT2D eigenvalue weighted by atomic mass is 32.1. The van der Waals surface area contributed by atoms with Gasteiger partial charge in [0.05, 0.1) is 0 Å². The Kier molecular flexibility index (Phi) is 8.76. The monoisotopic (exact) mass is 805 g/mol. The van der Waals surface area contributed by atoms with Crippen molar-refractivity contribution in [3.63, 3.8) is 0 Å². The van der Waals surface area contributed by atoms with E-state index >= 15 is 0 Å². The smallest absolute Gasteiger partial charge is 0.0468 e. The summed E-state index contributed by atoms with van der Waals surface area (Å²) in [6.45, 7) is 0. The van der Waals surface area contributed by atoms with Crippen molar-refractivity contribution in [1.82, 2.24) is 0 Å². The third-order valence-electron chi connectivity index (χ3n) is 12.5. The Bertz CT molecular complexity index is 3720. The van der Waals surface area contributed by atoms with Gasteiger partial charge in [-0.15, -0.1) is 11.3 Å². The minimum absolute atomic E-state index is 1.10. The Hall–Kier alpha value is -7.78. The number of anilines is 3. The molecule has 11 aromatic carbocycles. The van der Waals surface area contributed by atoms with E-state index in [9.17, 15) is 0 Å². The Balaban J connectivity index is 1.15. The summed E-state index contributed by atoms with van der Waals surface area (Å²) in [5.74, 6) is 0. The molecule has 0 radical (unpaired) electrons. The molecule has 0 amide bonds. The van der Waals surface area contributed by atoms with Crippen LogP contribution in [0.2, 0.25) is 0 Å². The number of fused-ring (bicyclic) bond motifs is 13. The summed E-state index contributed by atoms with van der Waals surface area (Å²) in [4.78, 5) is 2.40. The summed E-state index contributed by atoms with van der Waals surface area (Å²) in [5.41, 5.74) is 8.12. The minimum atomic E-state index is 1.10. The second kappa shape index (κ2) is 15.0. The van der Waals surface area contributed by atoms with Gasteiger partial charge in [-0.3, -0.25) is 0 Å². The highest BCUT2D eigenvalue weighted by Crippen LogP contribution is 2.44. The number of rotatable bonds is 5. The molecule has 1 nitrogen and oxygen atoms in total. The fraction of sp³-hybridized carbons (Fsp3) is 0. The highest BCUT2D eigenvalue weighted by Gasteiger charge is 2.17. The summed E-state index contributed by atoms with van der Waals surface area (Å²) in [6.07, 6.45) is 0. The largest absolute Gasteiger partial charge is 0.310 e. The van der Waals surface area contributed by atoms with Gasteiger partial charge in [0.15, 0.2) is 0 Å². The molecule has 2 heteroatoms. The van der Waals surface area contributed by atoms with Gasteiger partial charge in [-0.25, -0.2) is 0 Å². The molecular weight excluding hydrogens is 767 g/mol. The van der Waals surface area contributed by atoms with Gasteiger partial charge in [-0.05, 0) is 131 Å². The molecule has 0 atom stereocenters. The predicted octanol–water partition coefficient (Wildman–Crippen LogP) is 17.7. The quantitative estimate of drug-likeness (QED) is 0.167. The number of para-hydroxylation sites is 1. The number of nitrogens with zero attached hydrogens (tertiary/aromatic N) is 1. The lowest BCUT2D eigenvalue weighted by Gasteiger charge is -2.26. The molecule has 290 valence electrons. The van der Waals surface area contributed by atoms with Gasteiger partial charge in [-0.1, -0.05) is 182 Å². The van der Waals surface area contributed by atoms with Crippen LogP contribution in [0.4, 0.5) is 17.1 Å². The van der Waals surface area contributed by atoms with E-state index in [0.717, 1.165) is 17.1 Å². The predicted molar refractivity (Wildman–Crippen MR) is 270 cm³/mol. The molecule has 0 aliphatic heterocycles. The highest BCUT2D eigenvalue weighted by molar-refractivity contribution is 7.25. The van der Waals surface area contributed by atoms with Crippen molar-refractivity contribution >= 4 is 102 Å². The number of hydrogen-bond donors (Lipinski definition) is 0. The third kappa shape index (κ3) is 6.15. The van der Waals surface area contributed by atoms with E-state index in [-0.39, 0.29) is 0 Å². The Morgan fingerprint density at radius 1 is 0.210 bits per heavy atom. The first-order chi connectivity index (χ1) is 30.7. The molecule has 62 heavy (non-hydrogen) atoms. The van der Waals surface area contributed by atoms with E-state index in [4.69, 9.17) is 0 Å². The lowest BCUT2D eigenvalue weighted by atomic mass is 9.93. The fourth-order valence-electron chi connectivity index (χ4n) is 9.52. The minimum Gasteiger partial charge on any atom is -0.310 e. The van der Waals surface area contributed by atoms with E-state index in [1.165, 1.54) is 96.3 Å². The third-order valence-corrected chi connectivity index (χ3v) is 13.6. The molecule has 12 rings (SSSR count). The molecular formula is C60H39NS. The van der Waals surface area contributed by atoms with Crippen molar-refractivity contribution in [2.75, 3.05) is 4.90 Å². The molecule has 1 heterocycles. The van der Waals surface area contributed by atoms with Crippen LogP contribution in [0, 0.1) is 0 Å². The van der Waals surface area contributed by atoms with Crippen LogP contribution in [-0.4, -0.2) is 0 Å². The van der Waals surface area contributed by atoms with Crippen LogP contribution in [0.5, 0.6) is 0 Å². The molecule has 0 spiro atoms. The van der Waals surface area contributed by atoms with Gasteiger partial charge in [0.2, 0.25) is 0 Å². The zero-order chi connectivity index (χ0) is 41.0. The first kappa shape index (κ1) is 36.1. The van der Waals surface area contributed by atoms with E-state index in [2.05, 4.69) is 241 Å². The van der Waals surface area contributed by atoms with E-state index < -0.39 is 0 Å². The average molecular weight is 806 g/mol. The standard InChI is InChI=1S/C60H39NS/c1-3-15-40(16-4-1)41-27-29-42(30-28-41)43-31-33-45(34-32-43)61(44-17-5-2-6-18-44)46-35-36-53-51-23-10-9-21-49(51)47-19-7-8-20-48(47)50-22-11-12-24-52(50)57-39-60-58(38-56(57)55(53)37-46)54-25-13-14-26-59(54)62-60/h1-39H. The molecule has 0 fully saturated rings. The number of thiophene rings is 1. The molecule has 0 unspecified atom stereocenters. The van der Waals surface area contributed by atoms with Crippen LogP contribution in [0.15, 0.2) is 237 Å². The van der Waals surface area contributed by atoms with Crippen molar-refractivity contribution in [2.45, 2.75) is 0 Å². The normalized spacial score (nSPS) is 11.5. The maximum Gasteiger partial charge on any atom is 0.0468 e. The van der Waals surface area contributed by atoms with Gasteiger partial charge in [0.1, 0.15) is 0 Å². The lowest BCUT2D eigenvalue weighted by Crippen LogP contribution is -2.09. The first-order valence-electron chi connectivity index (χ1n) is 21.2. The molecule has 0 saturated heterocycles. The van der Waals surface area contributed by atoms with Crippen LogP contribution < -0.4 is 4.90 Å². The second-order valence-electron chi connectivity index (χ2n) is 16.0. The maximum absolute atomic E-state index is 2.48. The SMILES string of the molecule is c1ccc(-c2ccc(-c3ccc(N(c4ccccc4)c4ccc5c6ccccc6c6ccccc6c6ccccc6c6cc7sc8ccccc8c7cc6c5c4)cc3)cc2)cc1. The summed E-state index contributed by atoms with van der Waals surface area (Å²) >= 11 is 1.88. The topological polar surface area (TPSA) is 3.24 Å². The van der Waals surface area contributed by atoms with Crippen LogP contribution >= 0.6 is 11.3 Å². The average Bonchev–Trinajstić information content (AvgIpc) is 3.72. The molecule has 0 saturated carbocycles. The van der Waals surface area contributed by atoms with Crippen LogP contribution in [-0.2, 0) is 0 Å². The van der Waals surface area contributed by atoms with Gasteiger partial charge in [0, 0.05) is 37.2 Å². The Morgan fingerprint density at radius 3 is 1.15 bits per heavy atom. The second-order valence-corrected chi connectivity index (χ2v) is 17.1. The molecule has 0 aliphatic rings. The molecule has 1 aromatic heterocycles. The van der Waals surface area contributed by atoms with Crippen molar-refractivity contribution < 1.29 is 0 Å². The summed E-state index contributed by atoms with van der Waals surface area (Å²) in [5, 5.41) is 14.8. The summed E-state index contributed by atoms with van der Waals surface area (Å²) in [7, 11) is 0. The molecule has 0 bridgehead atoms. The van der Waals surface area contributed by atoms with E-state index in [1.54, 1.807) is 0 Å². The Morgan fingerprint density at radius 2 is 0.581 bits per heavy atom. The van der Waals surface area contributed by atoms with E-state index in [0.29, 0.717) is 0 Å². The van der Waals surface area contributed by atoms with Crippen molar-refractivity contribution in [2.24, 2.45) is 0 Å². The van der Waals surface area contributed by atoms with Crippen molar-refractivity contribution in [3.05, 3.63) is 237 Å². The van der Waals surface area contributed by atoms with E-state index in [1.807, 2.05) is 11.3 Å². The zero-order valence-electron chi connectivity index (χ0n) is 33.9. The fourth-order valence-corrected chi connectivity index (χ4v) is 10.6. The van der Waals surface area contributed by atoms with Gasteiger partial charge in [-0.2, -0.15) is 0 Å².